The van der Waals surface area contributed by atoms with E-state index in [4.69, 9.17) is 28.4 Å². The van der Waals surface area contributed by atoms with Crippen molar-refractivity contribution in [2.24, 2.45) is 0 Å². The van der Waals surface area contributed by atoms with Crippen molar-refractivity contribution in [2.45, 2.75) is 12.3 Å². The van der Waals surface area contributed by atoms with Crippen LogP contribution in [0.5, 0.6) is 23.0 Å². The van der Waals surface area contributed by atoms with Crippen LogP contribution in [0, 0.1) is 0 Å². The lowest BCUT2D eigenvalue weighted by Gasteiger charge is -2.31. The molecule has 0 saturated carbocycles. The van der Waals surface area contributed by atoms with Crippen molar-refractivity contribution >= 4 is 5.97 Å². The highest BCUT2D eigenvalue weighted by atomic mass is 16.6. The number of para-hydroxylation sites is 2. The molecule has 0 bridgehead atoms. The lowest BCUT2D eigenvalue weighted by atomic mass is 10.1. The fourth-order valence-corrected chi connectivity index (χ4v) is 4.24. The summed E-state index contributed by atoms with van der Waals surface area (Å²) >= 11 is 0. The van der Waals surface area contributed by atoms with Crippen molar-refractivity contribution in [1.82, 2.24) is 4.90 Å². The summed E-state index contributed by atoms with van der Waals surface area (Å²) in [4.78, 5) is 13.7. The van der Waals surface area contributed by atoms with E-state index in [2.05, 4.69) is 0 Å². The van der Waals surface area contributed by atoms with Gasteiger partial charge >= 0.3 is 5.97 Å². The number of morpholine rings is 1. The van der Waals surface area contributed by atoms with E-state index in [1.54, 1.807) is 0 Å². The summed E-state index contributed by atoms with van der Waals surface area (Å²) < 4.78 is 32.5. The van der Waals surface area contributed by atoms with E-state index in [9.17, 15) is 4.79 Å². The third kappa shape index (κ3) is 5.72. The number of carbonyl (C=O) groups is 1. The van der Waals surface area contributed by atoms with Crippen molar-refractivity contribution in [3.63, 3.8) is 0 Å². The minimum absolute atomic E-state index is 0.198. The molecule has 8 nitrogen and oxygen atoms in total. The van der Waals surface area contributed by atoms with Crippen LogP contribution in [0.25, 0.3) is 0 Å². The quantitative estimate of drug-likeness (QED) is 0.475. The predicted molar refractivity (Wildman–Crippen MR) is 131 cm³/mol. The van der Waals surface area contributed by atoms with Crippen molar-refractivity contribution in [3.05, 3.63) is 84.4 Å². The molecule has 0 N–H and O–H groups in total. The second-order valence-electron chi connectivity index (χ2n) is 8.31. The first-order valence-corrected chi connectivity index (χ1v) is 12.1. The van der Waals surface area contributed by atoms with Crippen molar-refractivity contribution in [2.75, 3.05) is 46.2 Å². The van der Waals surface area contributed by atoms with Crippen LogP contribution in [0.15, 0.2) is 78.9 Å². The summed E-state index contributed by atoms with van der Waals surface area (Å²) in [6.07, 6.45) is -0.219. The average molecular weight is 492 g/mol. The standard InChI is InChI=1S/C14H15NO5.C8H8O2.C6H6/c16-14-10-8-20-13(15(10)3-4-19-14)9-1-2-11-12(7-9)18-6-5-17-11;1-2-4-8-7(3-1)9-5-6-10-8;1-2-4-6-5-3-1/h1-2,7,10,13H,3-6,8H2;1-4H,5-6H2;1-6H/t10?,13-;;/m0../s1. The Bertz CT molecular complexity index is 1090. The lowest BCUT2D eigenvalue weighted by Crippen LogP contribution is -2.46. The maximum absolute atomic E-state index is 11.7. The van der Waals surface area contributed by atoms with Gasteiger partial charge in [0.1, 0.15) is 45.3 Å². The smallest absolute Gasteiger partial charge is 0.325 e. The van der Waals surface area contributed by atoms with Crippen LogP contribution in [-0.2, 0) is 14.3 Å². The number of hydrogen-bond acceptors (Lipinski definition) is 8. The van der Waals surface area contributed by atoms with Gasteiger partial charge in [0.25, 0.3) is 0 Å². The van der Waals surface area contributed by atoms with Crippen LogP contribution in [0.1, 0.15) is 11.8 Å². The van der Waals surface area contributed by atoms with Gasteiger partial charge in [0.2, 0.25) is 0 Å². The van der Waals surface area contributed by atoms with Gasteiger partial charge < -0.3 is 28.4 Å². The lowest BCUT2D eigenvalue weighted by molar-refractivity contribution is -0.156. The molecule has 4 aliphatic rings. The number of carbonyl (C=O) groups excluding carboxylic acids is 1. The van der Waals surface area contributed by atoms with Gasteiger partial charge in [-0.05, 0) is 29.8 Å². The molecule has 4 heterocycles. The second-order valence-corrected chi connectivity index (χ2v) is 8.31. The summed E-state index contributed by atoms with van der Waals surface area (Å²) in [5, 5.41) is 0. The molecule has 0 aliphatic carbocycles. The van der Waals surface area contributed by atoms with Gasteiger partial charge in [-0.1, -0.05) is 54.6 Å². The number of benzene rings is 3. The highest BCUT2D eigenvalue weighted by molar-refractivity contribution is 5.77. The van der Waals surface area contributed by atoms with Crippen LogP contribution in [0.3, 0.4) is 0 Å². The van der Waals surface area contributed by atoms with Crippen molar-refractivity contribution in [3.8, 4) is 23.0 Å². The predicted octanol–water partition coefficient (Wildman–Crippen LogP) is 3.86. The van der Waals surface area contributed by atoms with Crippen LogP contribution < -0.4 is 18.9 Å². The summed E-state index contributed by atoms with van der Waals surface area (Å²) in [7, 11) is 0. The molecule has 2 fully saturated rings. The molecule has 36 heavy (non-hydrogen) atoms. The topological polar surface area (TPSA) is 75.7 Å². The van der Waals surface area contributed by atoms with E-state index < -0.39 is 0 Å². The third-order valence-electron chi connectivity index (χ3n) is 5.95. The molecular formula is C28H29NO7. The number of cyclic esters (lactones) is 1. The number of esters is 1. The Morgan fingerprint density at radius 2 is 1.17 bits per heavy atom. The molecule has 0 aromatic heterocycles. The Labute approximate surface area is 210 Å². The highest BCUT2D eigenvalue weighted by Crippen LogP contribution is 2.38. The number of fused-ring (bicyclic) bond motifs is 3. The van der Waals surface area contributed by atoms with E-state index in [0.29, 0.717) is 46.2 Å². The van der Waals surface area contributed by atoms with E-state index in [-0.39, 0.29) is 18.2 Å². The first kappa shape index (κ1) is 24.0. The largest absolute Gasteiger partial charge is 0.486 e. The van der Waals surface area contributed by atoms with Crippen molar-refractivity contribution in [1.29, 1.82) is 0 Å². The van der Waals surface area contributed by atoms with E-state index >= 15 is 0 Å². The van der Waals surface area contributed by atoms with Gasteiger partial charge in [0, 0.05) is 6.54 Å². The van der Waals surface area contributed by atoms with E-state index in [0.717, 1.165) is 28.6 Å². The number of nitrogens with zero attached hydrogens (tertiary/aromatic N) is 1. The fraction of sp³-hybridized carbons (Fsp3) is 0.321. The zero-order chi connectivity index (χ0) is 24.6. The van der Waals surface area contributed by atoms with Gasteiger partial charge in [0.05, 0.1) is 6.61 Å². The minimum atomic E-state index is -0.290. The molecule has 8 heteroatoms. The summed E-state index contributed by atoms with van der Waals surface area (Å²) in [5.74, 6) is 3.01. The molecule has 0 amide bonds. The Hall–Kier alpha value is -3.75. The van der Waals surface area contributed by atoms with Gasteiger partial charge in [-0.15, -0.1) is 0 Å². The Morgan fingerprint density at radius 1 is 0.611 bits per heavy atom. The fourth-order valence-electron chi connectivity index (χ4n) is 4.24. The van der Waals surface area contributed by atoms with Gasteiger partial charge in [-0.3, -0.25) is 9.69 Å². The monoisotopic (exact) mass is 491 g/mol. The Morgan fingerprint density at radius 3 is 1.78 bits per heavy atom. The van der Waals surface area contributed by atoms with Crippen molar-refractivity contribution < 1.29 is 33.2 Å². The molecule has 3 aromatic rings. The van der Waals surface area contributed by atoms with Crippen LogP contribution >= 0.6 is 0 Å². The second kappa shape index (κ2) is 11.8. The molecule has 7 rings (SSSR count). The third-order valence-corrected chi connectivity index (χ3v) is 5.95. The molecule has 3 aromatic carbocycles. The first-order chi connectivity index (χ1) is 17.8. The average Bonchev–Trinajstić information content (AvgIpc) is 3.40. The molecule has 2 saturated heterocycles. The van der Waals surface area contributed by atoms with Gasteiger partial charge in [-0.25, -0.2) is 0 Å². The summed E-state index contributed by atoms with van der Waals surface area (Å²) in [6.45, 7) is 3.94. The van der Waals surface area contributed by atoms with Gasteiger partial charge in [0.15, 0.2) is 23.0 Å². The Balaban J connectivity index is 0.000000137. The number of ether oxygens (including phenoxy) is 6. The molecular weight excluding hydrogens is 462 g/mol. The molecule has 188 valence electrons. The molecule has 0 radical (unpaired) electrons. The number of rotatable bonds is 1. The normalized spacial score (nSPS) is 21.5. The molecule has 0 spiro atoms. The maximum Gasteiger partial charge on any atom is 0.325 e. The molecule has 2 atom stereocenters. The molecule has 1 unspecified atom stereocenters. The van der Waals surface area contributed by atoms with Crippen LogP contribution in [0.2, 0.25) is 0 Å². The zero-order valence-corrected chi connectivity index (χ0v) is 19.9. The van der Waals surface area contributed by atoms with Crippen LogP contribution in [-0.4, -0.2) is 63.1 Å². The summed E-state index contributed by atoms with van der Waals surface area (Å²) in [6, 6.07) is 25.2. The molecule has 4 aliphatic heterocycles. The zero-order valence-electron chi connectivity index (χ0n) is 19.9. The SMILES string of the molecule is O=C1OCCN2C1CO[C@H]2c1ccc2c(c1)OCCO2.c1ccc2c(c1)OCCO2.c1ccccc1. The summed E-state index contributed by atoms with van der Waals surface area (Å²) in [5.41, 5.74) is 0.978. The Kier molecular flexibility index (Phi) is 7.85. The van der Waals surface area contributed by atoms with E-state index in [1.165, 1.54) is 0 Å². The maximum atomic E-state index is 11.7. The number of hydrogen-bond donors (Lipinski definition) is 0. The minimum Gasteiger partial charge on any atom is -0.486 e. The van der Waals surface area contributed by atoms with Crippen LogP contribution in [0.4, 0.5) is 0 Å². The highest BCUT2D eigenvalue weighted by Gasteiger charge is 2.43. The van der Waals surface area contributed by atoms with Gasteiger partial charge in [-0.2, -0.15) is 0 Å². The first-order valence-electron chi connectivity index (χ1n) is 12.1. The van der Waals surface area contributed by atoms with E-state index in [1.807, 2.05) is 83.8 Å².